The van der Waals surface area contributed by atoms with Gasteiger partial charge in [-0.2, -0.15) is 11.8 Å². The second-order valence-corrected chi connectivity index (χ2v) is 5.34. The van der Waals surface area contributed by atoms with Gasteiger partial charge in [0.1, 0.15) is 0 Å². The Kier molecular flexibility index (Phi) is 4.41. The molecule has 0 aliphatic rings. The minimum absolute atomic E-state index is 0.180. The summed E-state index contributed by atoms with van der Waals surface area (Å²) in [6.07, 6.45) is 2.73. The normalized spacial score (nSPS) is 13.5. The number of aromatic nitrogens is 3. The molecule has 0 radical (unpaired) electrons. The van der Waals surface area contributed by atoms with Gasteiger partial charge in [0.2, 0.25) is 0 Å². The van der Waals surface area contributed by atoms with Crippen LogP contribution in [0.5, 0.6) is 0 Å². The maximum atomic E-state index is 5.97. The van der Waals surface area contributed by atoms with Crippen LogP contribution in [0.1, 0.15) is 19.5 Å². The Morgan fingerprint density at radius 2 is 2.29 bits per heavy atom. The maximum absolute atomic E-state index is 5.97. The summed E-state index contributed by atoms with van der Waals surface area (Å²) in [7, 11) is 1.87. The van der Waals surface area contributed by atoms with Crippen molar-refractivity contribution >= 4 is 11.8 Å². The SMILES string of the molecule is CC(C)SCC(N)Cc1cn(C)nn1. The molecule has 1 unspecified atom stereocenters. The van der Waals surface area contributed by atoms with Gasteiger partial charge in [-0.25, -0.2) is 0 Å². The summed E-state index contributed by atoms with van der Waals surface area (Å²) in [4.78, 5) is 0. The third kappa shape index (κ3) is 4.11. The van der Waals surface area contributed by atoms with Gasteiger partial charge in [0.25, 0.3) is 0 Å². The minimum Gasteiger partial charge on any atom is -0.327 e. The molecule has 1 aromatic rings. The molecule has 1 rings (SSSR count). The fourth-order valence-corrected chi connectivity index (χ4v) is 1.88. The lowest BCUT2D eigenvalue weighted by Crippen LogP contribution is -2.26. The van der Waals surface area contributed by atoms with Gasteiger partial charge in [-0.15, -0.1) is 5.10 Å². The van der Waals surface area contributed by atoms with Gasteiger partial charge in [0.05, 0.1) is 5.69 Å². The Bertz CT molecular complexity index is 272. The molecule has 4 nitrogen and oxygen atoms in total. The van der Waals surface area contributed by atoms with Gasteiger partial charge in [0.15, 0.2) is 0 Å². The van der Waals surface area contributed by atoms with E-state index in [0.29, 0.717) is 5.25 Å². The van der Waals surface area contributed by atoms with Gasteiger partial charge >= 0.3 is 0 Å². The van der Waals surface area contributed by atoms with Crippen molar-refractivity contribution in [1.29, 1.82) is 0 Å². The largest absolute Gasteiger partial charge is 0.327 e. The van der Waals surface area contributed by atoms with Gasteiger partial charge in [-0.05, 0) is 5.25 Å². The molecule has 0 aromatic carbocycles. The zero-order chi connectivity index (χ0) is 10.6. The second-order valence-electron chi connectivity index (χ2n) is 3.73. The molecule has 0 amide bonds. The molecule has 0 aliphatic heterocycles. The summed E-state index contributed by atoms with van der Waals surface area (Å²) in [5.74, 6) is 0.980. The fourth-order valence-electron chi connectivity index (χ4n) is 1.13. The van der Waals surface area contributed by atoms with Crippen molar-refractivity contribution < 1.29 is 0 Å². The van der Waals surface area contributed by atoms with Crippen molar-refractivity contribution in [3.63, 3.8) is 0 Å². The maximum Gasteiger partial charge on any atom is 0.0842 e. The number of hydrogen-bond acceptors (Lipinski definition) is 4. The van der Waals surface area contributed by atoms with Gasteiger partial charge < -0.3 is 5.73 Å². The first-order chi connectivity index (χ1) is 6.58. The number of aryl methyl sites for hydroxylation is 1. The third-order valence-corrected chi connectivity index (χ3v) is 3.05. The molecule has 0 aliphatic carbocycles. The van der Waals surface area contributed by atoms with Crippen molar-refractivity contribution in [2.24, 2.45) is 12.8 Å². The van der Waals surface area contributed by atoms with Crippen molar-refractivity contribution in [1.82, 2.24) is 15.0 Å². The van der Waals surface area contributed by atoms with Crippen LogP contribution in [-0.2, 0) is 13.5 Å². The van der Waals surface area contributed by atoms with Crippen LogP contribution in [0.2, 0.25) is 0 Å². The Morgan fingerprint density at radius 1 is 1.57 bits per heavy atom. The molecular weight excluding hydrogens is 196 g/mol. The van der Waals surface area contributed by atoms with Crippen LogP contribution in [-0.4, -0.2) is 32.0 Å². The Hall–Kier alpha value is -0.550. The highest BCUT2D eigenvalue weighted by Gasteiger charge is 2.07. The summed E-state index contributed by atoms with van der Waals surface area (Å²) < 4.78 is 1.71. The topological polar surface area (TPSA) is 56.7 Å². The first-order valence-electron chi connectivity index (χ1n) is 4.80. The lowest BCUT2D eigenvalue weighted by Gasteiger charge is -2.10. The predicted molar refractivity (Wildman–Crippen MR) is 60.3 cm³/mol. The monoisotopic (exact) mass is 214 g/mol. The van der Waals surface area contributed by atoms with E-state index in [1.807, 2.05) is 25.0 Å². The average molecular weight is 214 g/mol. The van der Waals surface area contributed by atoms with Crippen molar-refractivity contribution in [3.05, 3.63) is 11.9 Å². The Balaban J connectivity index is 2.30. The molecule has 2 N–H and O–H groups in total. The average Bonchev–Trinajstić information content (AvgIpc) is 2.48. The molecule has 14 heavy (non-hydrogen) atoms. The molecule has 0 bridgehead atoms. The van der Waals surface area contributed by atoms with E-state index in [-0.39, 0.29) is 6.04 Å². The number of nitrogens with zero attached hydrogens (tertiary/aromatic N) is 3. The van der Waals surface area contributed by atoms with E-state index < -0.39 is 0 Å². The summed E-state index contributed by atoms with van der Waals surface area (Å²) in [5.41, 5.74) is 6.94. The molecule has 1 atom stereocenters. The van der Waals surface area contributed by atoms with Crippen LogP contribution in [0, 0.1) is 0 Å². The highest BCUT2D eigenvalue weighted by Crippen LogP contribution is 2.11. The van der Waals surface area contributed by atoms with E-state index in [2.05, 4.69) is 24.2 Å². The Morgan fingerprint density at radius 3 is 2.79 bits per heavy atom. The highest BCUT2D eigenvalue weighted by molar-refractivity contribution is 7.99. The van der Waals surface area contributed by atoms with Crippen LogP contribution >= 0.6 is 11.8 Å². The summed E-state index contributed by atoms with van der Waals surface area (Å²) >= 11 is 1.89. The quantitative estimate of drug-likeness (QED) is 0.788. The first kappa shape index (κ1) is 11.5. The van der Waals surface area contributed by atoms with E-state index in [1.54, 1.807) is 4.68 Å². The number of thioether (sulfide) groups is 1. The molecule has 0 saturated carbocycles. The minimum atomic E-state index is 0.180. The molecular formula is C9H18N4S. The van der Waals surface area contributed by atoms with Gasteiger partial charge in [-0.3, -0.25) is 4.68 Å². The molecule has 1 aromatic heterocycles. The smallest absolute Gasteiger partial charge is 0.0842 e. The van der Waals surface area contributed by atoms with E-state index in [4.69, 9.17) is 5.73 Å². The number of hydrogen-bond donors (Lipinski definition) is 1. The molecule has 1 heterocycles. The van der Waals surface area contributed by atoms with E-state index >= 15 is 0 Å². The molecule has 5 heteroatoms. The standard InChI is InChI=1S/C9H18N4S/c1-7(2)14-6-8(10)4-9-5-13(3)12-11-9/h5,7-8H,4,6,10H2,1-3H3. The summed E-state index contributed by atoms with van der Waals surface area (Å²) in [6.45, 7) is 4.36. The molecule has 0 fully saturated rings. The van der Waals surface area contributed by atoms with E-state index in [9.17, 15) is 0 Å². The van der Waals surface area contributed by atoms with Crippen LogP contribution in [0.25, 0.3) is 0 Å². The predicted octanol–water partition coefficient (Wildman–Crippen LogP) is 0.827. The Labute approximate surface area is 89.2 Å². The van der Waals surface area contributed by atoms with Crippen molar-refractivity contribution in [2.75, 3.05) is 5.75 Å². The van der Waals surface area contributed by atoms with Gasteiger partial charge in [0, 0.05) is 31.5 Å². The van der Waals surface area contributed by atoms with Crippen LogP contribution < -0.4 is 5.73 Å². The zero-order valence-corrected chi connectivity index (χ0v) is 9.79. The first-order valence-corrected chi connectivity index (χ1v) is 5.85. The molecule has 80 valence electrons. The van der Waals surface area contributed by atoms with E-state index in [0.717, 1.165) is 17.9 Å². The third-order valence-electron chi connectivity index (χ3n) is 1.77. The summed E-state index contributed by atoms with van der Waals surface area (Å²) in [6, 6.07) is 0.180. The zero-order valence-electron chi connectivity index (χ0n) is 8.97. The second kappa shape index (κ2) is 5.36. The molecule has 0 spiro atoms. The van der Waals surface area contributed by atoms with Crippen LogP contribution in [0.15, 0.2) is 6.20 Å². The highest BCUT2D eigenvalue weighted by atomic mass is 32.2. The van der Waals surface area contributed by atoms with Crippen molar-refractivity contribution in [2.45, 2.75) is 31.6 Å². The number of rotatable bonds is 5. The van der Waals surface area contributed by atoms with Crippen molar-refractivity contribution in [3.8, 4) is 0 Å². The number of nitrogens with two attached hydrogens (primary N) is 1. The lowest BCUT2D eigenvalue weighted by atomic mass is 10.2. The fraction of sp³-hybridized carbons (Fsp3) is 0.778. The lowest BCUT2D eigenvalue weighted by molar-refractivity contribution is 0.704. The molecule has 0 saturated heterocycles. The summed E-state index contributed by atoms with van der Waals surface area (Å²) in [5, 5.41) is 8.52. The van der Waals surface area contributed by atoms with Gasteiger partial charge in [-0.1, -0.05) is 19.1 Å². The van der Waals surface area contributed by atoms with Crippen LogP contribution in [0.4, 0.5) is 0 Å². The van der Waals surface area contributed by atoms with E-state index in [1.165, 1.54) is 0 Å². The van der Waals surface area contributed by atoms with Crippen LogP contribution in [0.3, 0.4) is 0 Å².